The van der Waals surface area contributed by atoms with Gasteiger partial charge in [-0.1, -0.05) is 212 Å². The highest BCUT2D eigenvalue weighted by Gasteiger charge is 2.57. The van der Waals surface area contributed by atoms with Crippen LogP contribution in [0.4, 0.5) is 0 Å². The van der Waals surface area contributed by atoms with E-state index in [2.05, 4.69) is 230 Å². The fourth-order valence-corrected chi connectivity index (χ4v) is 17.1. The van der Waals surface area contributed by atoms with E-state index in [9.17, 15) is 0 Å². The van der Waals surface area contributed by atoms with Gasteiger partial charge < -0.3 is 9.13 Å². The van der Waals surface area contributed by atoms with Crippen molar-refractivity contribution >= 4 is 66.6 Å². The summed E-state index contributed by atoms with van der Waals surface area (Å²) in [6.07, 6.45) is 4.64. The van der Waals surface area contributed by atoms with Gasteiger partial charge in [-0.2, -0.15) is 0 Å². The van der Waals surface area contributed by atoms with Gasteiger partial charge in [-0.3, -0.25) is 0 Å². The number of aromatic nitrogens is 2. The molecular formula is C73H63BN2. The summed E-state index contributed by atoms with van der Waals surface area (Å²) in [6.45, 7) is 25.0. The SMILES string of the molecule is Cc1ccc(-c2c(-c3ccc(C)cc3)n3c4c(cc5ccccc5c24)B2c4c-3ccc3c4-n4c5c2cc2c(c5c5c6c(cc(c54)C34c3ccccc3-c3ccccc34)C(C)(C)CCC6(C)C)C(C)(C)CCC2(C)C)cc1. The molecule has 2 nitrogen and oxygen atoms in total. The van der Waals surface area contributed by atoms with Crippen molar-refractivity contribution in [1.82, 2.24) is 9.13 Å². The Labute approximate surface area is 447 Å². The van der Waals surface area contributed by atoms with Crippen LogP contribution in [0.3, 0.4) is 0 Å². The molecule has 0 saturated carbocycles. The van der Waals surface area contributed by atoms with Gasteiger partial charge in [0.2, 0.25) is 0 Å². The zero-order chi connectivity index (χ0) is 51.5. The summed E-state index contributed by atoms with van der Waals surface area (Å²) in [7, 11) is 0. The predicted octanol–water partition coefficient (Wildman–Crippen LogP) is 16.3. The second kappa shape index (κ2) is 13.8. The molecule has 2 aromatic heterocycles. The summed E-state index contributed by atoms with van der Waals surface area (Å²) in [5.74, 6) is 0. The lowest BCUT2D eigenvalue weighted by Crippen LogP contribution is -2.61. The van der Waals surface area contributed by atoms with E-state index in [1.165, 1.54) is 133 Å². The molecule has 368 valence electrons. The van der Waals surface area contributed by atoms with E-state index in [4.69, 9.17) is 0 Å². The highest BCUT2D eigenvalue weighted by atomic mass is 15.1. The molecule has 0 radical (unpaired) electrons. The summed E-state index contributed by atoms with van der Waals surface area (Å²) in [5, 5.41) is 7.05. The Morgan fingerprint density at radius 2 is 0.947 bits per heavy atom. The monoisotopic (exact) mass is 979 g/mol. The standard InChI is InChI=1S/C73H63BN2/c1-40-23-27-42(28-24-40)57-58-45-18-12-11-17-44(45)37-54-67(58)75(64(57)43-29-25-41(2)26-30-43)56-32-31-50-66-63(56)74(54)55-39-52-62(72(9,10)36-34-70(52,5)6)60-59-61-51(69(3,4)33-35-71(61,7)8)38-53(65(59)76(66)68(55)60)73(50)48-21-15-13-19-46(48)47-20-14-16-22-49(47)73/h11-32,37-39H,33-36H2,1-10H3. The van der Waals surface area contributed by atoms with Crippen LogP contribution in [-0.2, 0) is 27.1 Å². The molecule has 3 aliphatic carbocycles. The Morgan fingerprint density at radius 1 is 0.421 bits per heavy atom. The molecule has 76 heavy (non-hydrogen) atoms. The molecule has 1 spiro atoms. The van der Waals surface area contributed by atoms with Gasteiger partial charge in [0.1, 0.15) is 0 Å². The fraction of sp³-hybridized carbons (Fsp3) is 0.260. The third-order valence-corrected chi connectivity index (χ3v) is 20.9. The molecule has 0 fully saturated rings. The van der Waals surface area contributed by atoms with Crippen LogP contribution in [0.15, 0.2) is 152 Å². The van der Waals surface area contributed by atoms with Gasteiger partial charge in [0.15, 0.2) is 0 Å². The second-order valence-corrected chi connectivity index (χ2v) is 26.9. The molecule has 0 bridgehead atoms. The van der Waals surface area contributed by atoms with E-state index in [-0.39, 0.29) is 28.4 Å². The first-order chi connectivity index (χ1) is 36.5. The second-order valence-electron chi connectivity index (χ2n) is 26.9. The number of fused-ring (bicyclic) bond motifs is 17. The Bertz CT molecular complexity index is 4480. The Kier molecular flexibility index (Phi) is 7.95. The van der Waals surface area contributed by atoms with Crippen molar-refractivity contribution in [3.05, 3.63) is 207 Å². The highest BCUT2D eigenvalue weighted by molar-refractivity contribution is 7.00. The van der Waals surface area contributed by atoms with E-state index in [0.29, 0.717) is 0 Å². The Morgan fingerprint density at radius 3 is 1.59 bits per heavy atom. The third kappa shape index (κ3) is 4.96. The molecule has 0 amide bonds. The zero-order valence-corrected chi connectivity index (χ0v) is 45.7. The van der Waals surface area contributed by atoms with Crippen LogP contribution in [0.5, 0.6) is 0 Å². The summed E-state index contributed by atoms with van der Waals surface area (Å²) < 4.78 is 5.68. The summed E-state index contributed by atoms with van der Waals surface area (Å²) >= 11 is 0. The third-order valence-electron chi connectivity index (χ3n) is 20.9. The molecule has 11 aromatic rings. The van der Waals surface area contributed by atoms with Crippen molar-refractivity contribution in [1.29, 1.82) is 0 Å². The molecule has 3 aliphatic heterocycles. The zero-order valence-electron chi connectivity index (χ0n) is 45.7. The molecule has 0 N–H and O–H groups in total. The van der Waals surface area contributed by atoms with Crippen LogP contribution >= 0.6 is 0 Å². The normalized spacial score (nSPS) is 18.4. The van der Waals surface area contributed by atoms with Crippen molar-refractivity contribution in [2.24, 2.45) is 0 Å². The van der Waals surface area contributed by atoms with Crippen LogP contribution in [-0.4, -0.2) is 15.8 Å². The summed E-state index contributed by atoms with van der Waals surface area (Å²) in [5.41, 5.74) is 33.0. The van der Waals surface area contributed by atoms with Crippen molar-refractivity contribution in [2.45, 2.75) is 122 Å². The highest BCUT2D eigenvalue weighted by Crippen LogP contribution is 2.65. The molecule has 6 aliphatic rings. The maximum absolute atomic E-state index is 2.92. The molecule has 0 atom stereocenters. The first kappa shape index (κ1) is 43.8. The first-order valence-electron chi connectivity index (χ1n) is 28.4. The number of nitrogens with zero attached hydrogens (tertiary/aromatic N) is 2. The lowest BCUT2D eigenvalue weighted by Gasteiger charge is -2.47. The van der Waals surface area contributed by atoms with E-state index in [1.54, 1.807) is 27.6 Å². The Balaban J connectivity index is 1.18. The molecular weight excluding hydrogens is 916 g/mol. The number of aryl methyl sites for hydroxylation is 2. The largest absolute Gasteiger partial charge is 0.310 e. The van der Waals surface area contributed by atoms with Gasteiger partial charge in [-0.15, -0.1) is 0 Å². The minimum atomic E-state index is -0.563. The van der Waals surface area contributed by atoms with Gasteiger partial charge in [0, 0.05) is 38.6 Å². The smallest absolute Gasteiger partial charge is 0.252 e. The van der Waals surface area contributed by atoms with E-state index in [0.717, 1.165) is 25.7 Å². The summed E-state index contributed by atoms with van der Waals surface area (Å²) in [4.78, 5) is 0. The van der Waals surface area contributed by atoms with E-state index < -0.39 is 5.41 Å². The molecule has 0 saturated heterocycles. The average molecular weight is 979 g/mol. The van der Waals surface area contributed by atoms with Crippen molar-refractivity contribution < 1.29 is 0 Å². The lowest BCUT2D eigenvalue weighted by molar-refractivity contribution is 0.333. The van der Waals surface area contributed by atoms with Crippen LogP contribution in [0.25, 0.3) is 88.4 Å². The Hall–Kier alpha value is -7.36. The van der Waals surface area contributed by atoms with Crippen LogP contribution in [0.2, 0.25) is 0 Å². The van der Waals surface area contributed by atoms with Crippen molar-refractivity contribution in [3.8, 4) is 44.9 Å². The minimum absolute atomic E-state index is 0.0159. The van der Waals surface area contributed by atoms with Gasteiger partial charge in [-0.05, 0) is 161 Å². The van der Waals surface area contributed by atoms with Gasteiger partial charge in [0.25, 0.3) is 6.71 Å². The molecule has 3 heteroatoms. The van der Waals surface area contributed by atoms with Crippen LogP contribution in [0.1, 0.15) is 137 Å². The maximum Gasteiger partial charge on any atom is 0.252 e. The van der Waals surface area contributed by atoms with Gasteiger partial charge in [0.05, 0.1) is 22.1 Å². The topological polar surface area (TPSA) is 9.86 Å². The molecule has 17 rings (SSSR count). The molecule has 5 heterocycles. The quantitative estimate of drug-likeness (QED) is 0.153. The predicted molar refractivity (Wildman–Crippen MR) is 322 cm³/mol. The maximum atomic E-state index is 2.92. The number of hydrogen-bond donors (Lipinski definition) is 0. The molecule has 0 unspecified atom stereocenters. The van der Waals surface area contributed by atoms with Crippen LogP contribution < -0.4 is 16.4 Å². The first-order valence-corrected chi connectivity index (χ1v) is 28.4. The lowest BCUT2D eigenvalue weighted by atomic mass is 9.33. The number of rotatable bonds is 2. The van der Waals surface area contributed by atoms with Gasteiger partial charge >= 0.3 is 0 Å². The minimum Gasteiger partial charge on any atom is -0.310 e. The van der Waals surface area contributed by atoms with E-state index in [1.807, 2.05) is 0 Å². The number of hydrogen-bond acceptors (Lipinski definition) is 0. The fourth-order valence-electron chi connectivity index (χ4n) is 17.1. The number of benzene rings is 9. The van der Waals surface area contributed by atoms with Gasteiger partial charge in [-0.25, -0.2) is 0 Å². The molecule has 9 aromatic carbocycles. The van der Waals surface area contributed by atoms with Crippen LogP contribution in [0, 0.1) is 13.8 Å². The summed E-state index contributed by atoms with van der Waals surface area (Å²) in [6, 6.07) is 60.5. The van der Waals surface area contributed by atoms with Crippen molar-refractivity contribution in [2.75, 3.05) is 0 Å². The van der Waals surface area contributed by atoms with E-state index >= 15 is 0 Å². The van der Waals surface area contributed by atoms with Crippen molar-refractivity contribution in [3.63, 3.8) is 0 Å². The average Bonchev–Trinajstić information content (AvgIpc) is 2.57.